The smallest absolute Gasteiger partial charge is 0.231 e. The zero-order valence-corrected chi connectivity index (χ0v) is 15.1. The van der Waals surface area contributed by atoms with E-state index in [2.05, 4.69) is 20.1 Å². The van der Waals surface area contributed by atoms with E-state index in [4.69, 9.17) is 4.52 Å². The van der Waals surface area contributed by atoms with Crippen molar-refractivity contribution in [2.45, 2.75) is 25.3 Å². The summed E-state index contributed by atoms with van der Waals surface area (Å²) in [5, 5.41) is 4.11. The molecule has 28 heavy (non-hydrogen) atoms. The first kappa shape index (κ1) is 16.6. The van der Waals surface area contributed by atoms with E-state index in [-0.39, 0.29) is 11.8 Å². The molecule has 0 radical (unpaired) electrons. The highest BCUT2D eigenvalue weighted by Gasteiger charge is 2.30. The molecular weight excluding hydrogens is 356 g/mol. The molecule has 0 bridgehead atoms. The first-order valence-corrected chi connectivity index (χ1v) is 9.22. The van der Waals surface area contributed by atoms with Crippen molar-refractivity contribution in [3.8, 4) is 11.5 Å². The molecule has 8 nitrogen and oxygen atoms in total. The van der Waals surface area contributed by atoms with Gasteiger partial charge in [-0.2, -0.15) is 4.98 Å². The third kappa shape index (κ3) is 3.13. The van der Waals surface area contributed by atoms with E-state index in [1.165, 1.54) is 0 Å². The molecule has 1 saturated heterocycles. The second-order valence-corrected chi connectivity index (χ2v) is 6.88. The first-order valence-electron chi connectivity index (χ1n) is 9.22. The lowest BCUT2D eigenvalue weighted by atomic mass is 9.97. The highest BCUT2D eigenvalue weighted by Crippen LogP contribution is 2.28. The number of likely N-dealkylation sites (tertiary alicyclic amines) is 1. The van der Waals surface area contributed by atoms with Crippen molar-refractivity contribution in [1.29, 1.82) is 0 Å². The van der Waals surface area contributed by atoms with Gasteiger partial charge in [0.25, 0.3) is 0 Å². The second kappa shape index (κ2) is 6.88. The van der Waals surface area contributed by atoms with Crippen LogP contribution in [0.1, 0.15) is 30.3 Å². The molecule has 5 heterocycles. The second-order valence-electron chi connectivity index (χ2n) is 6.88. The minimum absolute atomic E-state index is 0.0136. The molecule has 0 spiro atoms. The van der Waals surface area contributed by atoms with Crippen LogP contribution in [-0.4, -0.2) is 41.9 Å². The molecule has 0 aliphatic carbocycles. The van der Waals surface area contributed by atoms with Crippen molar-refractivity contribution >= 4 is 11.6 Å². The Labute approximate surface area is 160 Å². The fourth-order valence-corrected chi connectivity index (χ4v) is 3.50. The number of imidazole rings is 1. The van der Waals surface area contributed by atoms with Crippen LogP contribution in [0.2, 0.25) is 0 Å². The van der Waals surface area contributed by atoms with Crippen molar-refractivity contribution in [3.63, 3.8) is 0 Å². The Balaban J connectivity index is 1.35. The van der Waals surface area contributed by atoms with Gasteiger partial charge in [0.15, 0.2) is 0 Å². The summed E-state index contributed by atoms with van der Waals surface area (Å²) in [6.07, 6.45) is 6.70. The number of aromatic nitrogens is 5. The van der Waals surface area contributed by atoms with Crippen LogP contribution in [0.3, 0.4) is 0 Å². The van der Waals surface area contributed by atoms with E-state index in [9.17, 15) is 4.79 Å². The number of carbonyl (C=O) groups is 1. The number of hydrogen-bond acceptors (Lipinski definition) is 6. The van der Waals surface area contributed by atoms with Crippen LogP contribution in [0, 0.1) is 0 Å². The van der Waals surface area contributed by atoms with Crippen LogP contribution in [0.25, 0.3) is 17.2 Å². The van der Waals surface area contributed by atoms with E-state index < -0.39 is 0 Å². The average molecular weight is 374 g/mol. The quantitative estimate of drug-likeness (QED) is 0.546. The third-order valence-electron chi connectivity index (χ3n) is 4.96. The summed E-state index contributed by atoms with van der Waals surface area (Å²) in [6.45, 7) is 1.03. The maximum Gasteiger partial charge on any atom is 0.231 e. The van der Waals surface area contributed by atoms with E-state index in [1.807, 2.05) is 58.1 Å². The molecule has 1 aliphatic heterocycles. The molecule has 0 aromatic carbocycles. The van der Waals surface area contributed by atoms with Gasteiger partial charge in [0.05, 0.1) is 18.2 Å². The van der Waals surface area contributed by atoms with Gasteiger partial charge < -0.3 is 13.8 Å². The summed E-state index contributed by atoms with van der Waals surface area (Å²) in [7, 11) is 0. The summed E-state index contributed by atoms with van der Waals surface area (Å²) in [5.41, 5.74) is 2.36. The Kier molecular flexibility index (Phi) is 4.08. The summed E-state index contributed by atoms with van der Waals surface area (Å²) in [6, 6.07) is 11.5. The maximum absolute atomic E-state index is 12.3. The van der Waals surface area contributed by atoms with Gasteiger partial charge in [-0.1, -0.05) is 17.3 Å². The molecule has 140 valence electrons. The van der Waals surface area contributed by atoms with Crippen LogP contribution < -0.4 is 0 Å². The van der Waals surface area contributed by atoms with Gasteiger partial charge in [0.2, 0.25) is 17.6 Å². The monoisotopic (exact) mass is 374 g/mol. The highest BCUT2D eigenvalue weighted by molar-refractivity contribution is 5.77. The van der Waals surface area contributed by atoms with Gasteiger partial charge >= 0.3 is 0 Å². The van der Waals surface area contributed by atoms with Gasteiger partial charge in [-0.15, -0.1) is 0 Å². The molecule has 8 heteroatoms. The number of carbonyl (C=O) groups excluding carboxylic acids is 1. The Morgan fingerprint density at radius 3 is 2.93 bits per heavy atom. The minimum Gasteiger partial charge on any atom is -0.339 e. The molecule has 1 atom stereocenters. The number of fused-ring (bicyclic) bond motifs is 1. The lowest BCUT2D eigenvalue weighted by Gasteiger charge is -2.30. The predicted octanol–water partition coefficient (Wildman–Crippen LogP) is 2.69. The molecule has 4 aromatic heterocycles. The van der Waals surface area contributed by atoms with E-state index >= 15 is 0 Å². The molecule has 1 fully saturated rings. The molecule has 4 aromatic rings. The molecular formula is C20H18N6O2. The molecule has 5 rings (SSSR count). The minimum atomic E-state index is 0.0136. The van der Waals surface area contributed by atoms with Gasteiger partial charge in [-0.25, -0.2) is 4.98 Å². The van der Waals surface area contributed by atoms with E-state index in [1.54, 1.807) is 6.20 Å². The number of pyridine rings is 2. The van der Waals surface area contributed by atoms with Crippen molar-refractivity contribution in [2.24, 2.45) is 0 Å². The van der Waals surface area contributed by atoms with Gasteiger partial charge in [0.1, 0.15) is 11.3 Å². The number of hydrogen-bond donors (Lipinski definition) is 0. The fourth-order valence-electron chi connectivity index (χ4n) is 3.50. The molecule has 1 unspecified atom stereocenters. The van der Waals surface area contributed by atoms with Gasteiger partial charge in [-0.05, 0) is 30.7 Å². The van der Waals surface area contributed by atoms with Crippen LogP contribution >= 0.6 is 0 Å². The predicted molar refractivity (Wildman–Crippen MR) is 100 cm³/mol. The normalized spacial score (nSPS) is 17.4. The van der Waals surface area contributed by atoms with Crippen LogP contribution in [0.5, 0.6) is 0 Å². The Morgan fingerprint density at radius 1 is 1.14 bits per heavy atom. The molecule has 1 aliphatic rings. The average Bonchev–Trinajstić information content (AvgIpc) is 3.37. The summed E-state index contributed by atoms with van der Waals surface area (Å²) >= 11 is 0. The summed E-state index contributed by atoms with van der Waals surface area (Å²) in [5.74, 6) is 1.15. The van der Waals surface area contributed by atoms with E-state index in [0.29, 0.717) is 43.3 Å². The fraction of sp³-hybridized carbons (Fsp3) is 0.250. The van der Waals surface area contributed by atoms with Crippen molar-refractivity contribution in [1.82, 2.24) is 29.4 Å². The van der Waals surface area contributed by atoms with Gasteiger partial charge in [0, 0.05) is 31.6 Å². The lowest BCUT2D eigenvalue weighted by Crippen LogP contribution is -2.38. The molecule has 1 amide bonds. The largest absolute Gasteiger partial charge is 0.339 e. The Hall–Kier alpha value is -3.55. The van der Waals surface area contributed by atoms with Crippen LogP contribution in [0.15, 0.2) is 59.5 Å². The number of piperidine rings is 1. The Morgan fingerprint density at radius 2 is 2.07 bits per heavy atom. The number of amides is 1. The number of rotatable bonds is 4. The first-order chi connectivity index (χ1) is 13.8. The van der Waals surface area contributed by atoms with Crippen molar-refractivity contribution in [2.75, 3.05) is 6.54 Å². The standard InChI is InChI=1S/C20H18N6O2/c27-18-8-7-14(11-26(18)12-15-5-1-3-9-21-15)20-23-19(24-28-20)16-13-25-10-4-2-6-17(25)22-16/h1-6,9-10,13-14H,7-8,11-12H2. The Bertz CT molecular complexity index is 1090. The SMILES string of the molecule is O=C1CCC(c2nc(-c3cn4ccccc4n3)no2)CN1Cc1ccccn1. The lowest BCUT2D eigenvalue weighted by molar-refractivity contribution is -0.134. The van der Waals surface area contributed by atoms with Crippen molar-refractivity contribution < 1.29 is 9.32 Å². The topological polar surface area (TPSA) is 89.4 Å². The number of nitrogens with zero attached hydrogens (tertiary/aromatic N) is 6. The maximum atomic E-state index is 12.3. The molecule has 0 saturated carbocycles. The van der Waals surface area contributed by atoms with Crippen LogP contribution in [0.4, 0.5) is 0 Å². The zero-order valence-electron chi connectivity index (χ0n) is 15.1. The highest BCUT2D eigenvalue weighted by atomic mass is 16.5. The summed E-state index contributed by atoms with van der Waals surface area (Å²) < 4.78 is 7.44. The third-order valence-corrected chi connectivity index (χ3v) is 4.96. The van der Waals surface area contributed by atoms with Crippen molar-refractivity contribution in [3.05, 3.63) is 66.6 Å². The molecule has 0 N–H and O–H groups in total. The van der Waals surface area contributed by atoms with E-state index in [0.717, 1.165) is 11.3 Å². The zero-order chi connectivity index (χ0) is 18.9. The van der Waals surface area contributed by atoms with Crippen LogP contribution in [-0.2, 0) is 11.3 Å². The van der Waals surface area contributed by atoms with Gasteiger partial charge in [-0.3, -0.25) is 9.78 Å². The summed E-state index contributed by atoms with van der Waals surface area (Å²) in [4.78, 5) is 27.5.